The molecule has 0 saturated carbocycles. The van der Waals surface area contributed by atoms with E-state index in [-0.39, 0.29) is 5.97 Å². The summed E-state index contributed by atoms with van der Waals surface area (Å²) < 4.78 is 4.66. The van der Waals surface area contributed by atoms with Gasteiger partial charge in [-0.25, -0.2) is 4.79 Å². The Morgan fingerprint density at radius 3 is 2.67 bits per heavy atom. The van der Waals surface area contributed by atoms with Gasteiger partial charge in [0.2, 0.25) is 0 Å². The fourth-order valence-corrected chi connectivity index (χ4v) is 0.377. The Balaban J connectivity index is 3.60. The lowest BCUT2D eigenvalue weighted by atomic mass is 9.98. The number of hydrogen-bond donors (Lipinski definition) is 0. The first-order chi connectivity index (χ1) is 4.22. The van der Waals surface area contributed by atoms with E-state index in [9.17, 15) is 4.79 Å². The average Bonchev–Trinajstić information content (AvgIpc) is 1.87. The molecule has 0 fully saturated rings. The highest BCUT2D eigenvalue weighted by Crippen LogP contribution is 1.97. The van der Waals surface area contributed by atoms with Gasteiger partial charge in [-0.3, -0.25) is 0 Å². The minimum absolute atomic E-state index is 0.278. The van der Waals surface area contributed by atoms with Crippen LogP contribution in [0.15, 0.2) is 12.2 Å². The number of hydrogen-bond acceptors (Lipinski definition) is 2. The summed E-state index contributed by atoms with van der Waals surface area (Å²) in [7, 11) is 1.87. The van der Waals surface area contributed by atoms with E-state index < -0.39 is 0 Å². The summed E-state index contributed by atoms with van der Waals surface area (Å²) in [5, 5.41) is 0. The molecule has 0 radical (unpaired) electrons. The highest BCUT2D eigenvalue weighted by Gasteiger charge is 2.02. The monoisotopic (exact) mass is 126 g/mol. The molecular weight excluding hydrogens is 115 g/mol. The van der Waals surface area contributed by atoms with Crippen molar-refractivity contribution in [2.75, 3.05) is 6.61 Å². The summed E-state index contributed by atoms with van der Waals surface area (Å²) in [6, 6.07) is 0. The van der Waals surface area contributed by atoms with Gasteiger partial charge in [0, 0.05) is 5.57 Å². The molecule has 0 aliphatic rings. The third kappa shape index (κ3) is 2.96. The number of carbonyl (C=O) groups excluding carboxylic acids is 1. The maximum Gasteiger partial charge on any atom is 0.332 e. The van der Waals surface area contributed by atoms with E-state index in [1.54, 1.807) is 6.92 Å². The molecule has 0 aliphatic heterocycles. The van der Waals surface area contributed by atoms with E-state index in [0.29, 0.717) is 18.5 Å². The molecule has 0 aromatic heterocycles. The van der Waals surface area contributed by atoms with Gasteiger partial charge in [0.15, 0.2) is 0 Å². The molecule has 0 aliphatic carbocycles. The van der Waals surface area contributed by atoms with Crippen molar-refractivity contribution in [3.05, 3.63) is 12.2 Å². The molecular formula is C6H11BO2. The van der Waals surface area contributed by atoms with Crippen LogP contribution in [0.4, 0.5) is 0 Å². The van der Waals surface area contributed by atoms with Crippen LogP contribution in [0, 0.1) is 0 Å². The molecule has 0 N–H and O–H groups in total. The van der Waals surface area contributed by atoms with Gasteiger partial charge in [0.25, 0.3) is 0 Å². The first kappa shape index (κ1) is 8.27. The number of esters is 1. The highest BCUT2D eigenvalue weighted by atomic mass is 16.5. The van der Waals surface area contributed by atoms with E-state index in [2.05, 4.69) is 11.3 Å². The van der Waals surface area contributed by atoms with Crippen molar-refractivity contribution in [1.29, 1.82) is 0 Å². The summed E-state index contributed by atoms with van der Waals surface area (Å²) >= 11 is 0. The highest BCUT2D eigenvalue weighted by molar-refractivity contribution is 6.14. The Morgan fingerprint density at radius 1 is 1.78 bits per heavy atom. The zero-order valence-corrected chi connectivity index (χ0v) is 5.94. The van der Waals surface area contributed by atoms with Crippen LogP contribution in [0.2, 0.25) is 6.32 Å². The summed E-state index contributed by atoms with van der Waals surface area (Å²) in [6.45, 7) is 5.72. The van der Waals surface area contributed by atoms with Crippen molar-refractivity contribution in [2.45, 2.75) is 13.2 Å². The summed E-state index contributed by atoms with van der Waals surface area (Å²) in [6.07, 6.45) is 0.666. The van der Waals surface area contributed by atoms with Crippen molar-refractivity contribution in [2.24, 2.45) is 0 Å². The lowest BCUT2D eigenvalue weighted by Crippen LogP contribution is -2.05. The molecule has 0 spiro atoms. The van der Waals surface area contributed by atoms with Gasteiger partial charge in [0.1, 0.15) is 7.85 Å². The molecule has 0 amide bonds. The lowest BCUT2D eigenvalue weighted by Gasteiger charge is -1.99. The second-order valence-corrected chi connectivity index (χ2v) is 1.68. The van der Waals surface area contributed by atoms with E-state index in [1.807, 2.05) is 7.85 Å². The van der Waals surface area contributed by atoms with E-state index in [4.69, 9.17) is 0 Å². The molecule has 0 bridgehead atoms. The van der Waals surface area contributed by atoms with Crippen molar-refractivity contribution in [3.63, 3.8) is 0 Å². The molecule has 0 rings (SSSR count). The SMILES string of the molecule is BCC(=C)C(=O)OCC. The van der Waals surface area contributed by atoms with E-state index in [1.165, 1.54) is 0 Å². The van der Waals surface area contributed by atoms with Crippen molar-refractivity contribution >= 4 is 13.8 Å². The van der Waals surface area contributed by atoms with Crippen molar-refractivity contribution in [3.8, 4) is 0 Å². The van der Waals surface area contributed by atoms with Gasteiger partial charge >= 0.3 is 5.97 Å². The van der Waals surface area contributed by atoms with Gasteiger partial charge in [0.05, 0.1) is 6.61 Å². The Labute approximate surface area is 56.3 Å². The van der Waals surface area contributed by atoms with Gasteiger partial charge in [-0.15, -0.1) is 0 Å². The van der Waals surface area contributed by atoms with Crippen molar-refractivity contribution in [1.82, 2.24) is 0 Å². The van der Waals surface area contributed by atoms with Crippen LogP contribution in [0.3, 0.4) is 0 Å². The van der Waals surface area contributed by atoms with Gasteiger partial charge < -0.3 is 4.74 Å². The maximum absolute atomic E-state index is 10.7. The fourth-order valence-electron chi connectivity index (χ4n) is 0.377. The number of ether oxygens (including phenoxy) is 1. The molecule has 2 nitrogen and oxygen atoms in total. The van der Waals surface area contributed by atoms with Crippen LogP contribution in [0.1, 0.15) is 6.92 Å². The minimum atomic E-state index is -0.278. The Hall–Kier alpha value is -0.725. The molecule has 0 aromatic rings. The van der Waals surface area contributed by atoms with Gasteiger partial charge in [-0.1, -0.05) is 12.9 Å². The largest absolute Gasteiger partial charge is 0.463 e. The molecule has 0 atom stereocenters. The van der Waals surface area contributed by atoms with Gasteiger partial charge in [-0.05, 0) is 6.92 Å². The van der Waals surface area contributed by atoms with Crippen LogP contribution >= 0.6 is 0 Å². The maximum atomic E-state index is 10.7. The summed E-state index contributed by atoms with van der Waals surface area (Å²) in [4.78, 5) is 10.7. The zero-order chi connectivity index (χ0) is 7.28. The lowest BCUT2D eigenvalue weighted by molar-refractivity contribution is -0.138. The van der Waals surface area contributed by atoms with Crippen LogP contribution in [-0.2, 0) is 9.53 Å². The molecule has 50 valence electrons. The average molecular weight is 126 g/mol. The second kappa shape index (κ2) is 4.18. The van der Waals surface area contributed by atoms with Crippen LogP contribution in [-0.4, -0.2) is 20.4 Å². The Bertz CT molecular complexity index is 120. The smallest absolute Gasteiger partial charge is 0.332 e. The van der Waals surface area contributed by atoms with Crippen LogP contribution < -0.4 is 0 Å². The molecule has 9 heavy (non-hydrogen) atoms. The third-order valence-electron chi connectivity index (χ3n) is 0.991. The molecule has 0 unspecified atom stereocenters. The summed E-state index contributed by atoms with van der Waals surface area (Å²) in [5.41, 5.74) is 0.539. The van der Waals surface area contributed by atoms with Crippen molar-refractivity contribution < 1.29 is 9.53 Å². The van der Waals surface area contributed by atoms with E-state index >= 15 is 0 Å². The normalized spacial score (nSPS) is 8.56. The minimum Gasteiger partial charge on any atom is -0.463 e. The second-order valence-electron chi connectivity index (χ2n) is 1.68. The zero-order valence-electron chi connectivity index (χ0n) is 5.94. The fraction of sp³-hybridized carbons (Fsp3) is 0.500. The Morgan fingerprint density at radius 2 is 2.33 bits per heavy atom. The number of carbonyl (C=O) groups is 1. The molecule has 0 saturated heterocycles. The first-order valence-corrected chi connectivity index (χ1v) is 3.07. The number of rotatable bonds is 3. The topological polar surface area (TPSA) is 26.3 Å². The predicted octanol–water partition coefficient (Wildman–Crippen LogP) is 0.157. The van der Waals surface area contributed by atoms with Gasteiger partial charge in [-0.2, -0.15) is 0 Å². The van der Waals surface area contributed by atoms with Crippen LogP contribution in [0.25, 0.3) is 0 Å². The first-order valence-electron chi connectivity index (χ1n) is 3.07. The third-order valence-corrected chi connectivity index (χ3v) is 0.991. The predicted molar refractivity (Wildman–Crippen MR) is 39.1 cm³/mol. The van der Waals surface area contributed by atoms with Crippen LogP contribution in [0.5, 0.6) is 0 Å². The quantitative estimate of drug-likeness (QED) is 0.305. The summed E-state index contributed by atoms with van der Waals surface area (Å²) in [5.74, 6) is -0.278. The van der Waals surface area contributed by atoms with E-state index in [0.717, 1.165) is 0 Å². The standard InChI is InChI=1S/C6H11BO2/c1-3-9-6(8)5(2)4-7/h2-4,7H2,1H3. The molecule has 0 aromatic carbocycles. The Kier molecular flexibility index (Phi) is 3.85. The molecule has 3 heteroatoms. The molecule has 0 heterocycles.